The first-order valence-electron chi connectivity index (χ1n) is 9.04. The number of nitrogens with two attached hydrogens (primary N) is 1. The van der Waals surface area contributed by atoms with Crippen LogP contribution in [0, 0.1) is 11.8 Å². The van der Waals surface area contributed by atoms with Crippen molar-refractivity contribution in [2.75, 3.05) is 12.4 Å². The van der Waals surface area contributed by atoms with E-state index in [1.807, 2.05) is 25.5 Å². The lowest BCUT2D eigenvalue weighted by Gasteiger charge is -2.36. The van der Waals surface area contributed by atoms with Gasteiger partial charge in [-0.2, -0.15) is 0 Å². The fourth-order valence-electron chi connectivity index (χ4n) is 3.77. The van der Waals surface area contributed by atoms with Gasteiger partial charge in [0.05, 0.1) is 5.69 Å². The van der Waals surface area contributed by atoms with E-state index in [1.54, 1.807) is 0 Å². The second kappa shape index (κ2) is 6.16. The third-order valence-electron chi connectivity index (χ3n) is 5.40. The highest BCUT2D eigenvalue weighted by molar-refractivity contribution is 5.86. The van der Waals surface area contributed by atoms with Crippen LogP contribution in [-0.2, 0) is 6.42 Å². The van der Waals surface area contributed by atoms with Gasteiger partial charge < -0.3 is 10.6 Å². The largest absolute Gasteiger partial charge is 0.357 e. The molecule has 6 heteroatoms. The first-order chi connectivity index (χ1) is 11.7. The molecule has 1 aliphatic heterocycles. The maximum absolute atomic E-state index is 6.61. The average molecular weight is 326 g/mol. The van der Waals surface area contributed by atoms with Gasteiger partial charge in [0.2, 0.25) is 5.95 Å². The number of rotatable bonds is 5. The molecule has 128 valence electrons. The SMILES string of the molecule is CNc1ncc(C2=CC=NC(N)(C3CCCC3)N2)c(CC2CC2)n1. The van der Waals surface area contributed by atoms with Crippen LogP contribution in [0.4, 0.5) is 5.95 Å². The molecule has 1 unspecified atom stereocenters. The summed E-state index contributed by atoms with van der Waals surface area (Å²) < 4.78 is 0. The lowest BCUT2D eigenvalue weighted by Crippen LogP contribution is -2.57. The van der Waals surface area contributed by atoms with Gasteiger partial charge >= 0.3 is 0 Å². The zero-order valence-electron chi connectivity index (χ0n) is 14.3. The molecule has 4 rings (SSSR count). The Morgan fingerprint density at radius 1 is 1.29 bits per heavy atom. The van der Waals surface area contributed by atoms with Gasteiger partial charge in [-0.05, 0) is 44.1 Å². The molecule has 3 aliphatic rings. The number of aliphatic imine (C=N–C) groups is 1. The Morgan fingerprint density at radius 2 is 2.08 bits per heavy atom. The molecule has 0 bridgehead atoms. The Kier molecular flexibility index (Phi) is 4.00. The summed E-state index contributed by atoms with van der Waals surface area (Å²) in [6.45, 7) is 0. The van der Waals surface area contributed by atoms with Crippen LogP contribution < -0.4 is 16.4 Å². The molecule has 2 heterocycles. The molecule has 0 spiro atoms. The fraction of sp³-hybridized carbons (Fsp3) is 0.611. The summed E-state index contributed by atoms with van der Waals surface area (Å²) >= 11 is 0. The standard InChI is InChI=1S/C18H26N6/c1-20-17-21-11-14(16(23-17)10-12-6-7-12)15-8-9-22-18(19,24-15)13-4-2-3-5-13/h8-9,11-13,24H,2-7,10,19H2,1H3,(H,20,21,23). The average Bonchev–Trinajstić information content (AvgIpc) is 3.23. The van der Waals surface area contributed by atoms with Crippen molar-refractivity contribution in [3.8, 4) is 0 Å². The number of hydrogen-bond donors (Lipinski definition) is 3. The molecule has 2 fully saturated rings. The van der Waals surface area contributed by atoms with Crippen LogP contribution >= 0.6 is 0 Å². The molecule has 6 nitrogen and oxygen atoms in total. The second-order valence-corrected chi connectivity index (χ2v) is 7.24. The lowest BCUT2D eigenvalue weighted by atomic mass is 9.96. The van der Waals surface area contributed by atoms with E-state index in [1.165, 1.54) is 25.7 Å². The maximum Gasteiger partial charge on any atom is 0.222 e. The van der Waals surface area contributed by atoms with Crippen LogP contribution in [0.15, 0.2) is 17.3 Å². The van der Waals surface area contributed by atoms with Crippen LogP contribution in [0.5, 0.6) is 0 Å². The predicted octanol–water partition coefficient (Wildman–Crippen LogP) is 2.29. The van der Waals surface area contributed by atoms with Gasteiger partial charge in [-0.25, -0.2) is 9.97 Å². The molecule has 0 saturated heterocycles. The zero-order chi connectivity index (χ0) is 16.6. The van der Waals surface area contributed by atoms with E-state index < -0.39 is 5.79 Å². The van der Waals surface area contributed by atoms with Gasteiger partial charge in [0.1, 0.15) is 0 Å². The first-order valence-corrected chi connectivity index (χ1v) is 9.04. The van der Waals surface area contributed by atoms with Crippen molar-refractivity contribution >= 4 is 17.9 Å². The van der Waals surface area contributed by atoms with Crippen molar-refractivity contribution in [3.63, 3.8) is 0 Å². The van der Waals surface area contributed by atoms with Crippen molar-refractivity contribution in [2.24, 2.45) is 22.6 Å². The fourth-order valence-corrected chi connectivity index (χ4v) is 3.77. The Labute approximate surface area is 143 Å². The van der Waals surface area contributed by atoms with Crippen molar-refractivity contribution in [1.29, 1.82) is 0 Å². The minimum atomic E-state index is -0.695. The third-order valence-corrected chi connectivity index (χ3v) is 5.40. The number of allylic oxidation sites excluding steroid dienone is 1. The van der Waals surface area contributed by atoms with E-state index in [9.17, 15) is 0 Å². The molecule has 1 atom stereocenters. The van der Waals surface area contributed by atoms with Crippen LogP contribution in [0.25, 0.3) is 5.70 Å². The molecular weight excluding hydrogens is 300 g/mol. The molecule has 4 N–H and O–H groups in total. The van der Waals surface area contributed by atoms with E-state index in [0.717, 1.165) is 42.1 Å². The summed E-state index contributed by atoms with van der Waals surface area (Å²) in [6.07, 6.45) is 14.1. The first kappa shape index (κ1) is 15.6. The highest BCUT2D eigenvalue weighted by Crippen LogP contribution is 2.36. The van der Waals surface area contributed by atoms with E-state index in [-0.39, 0.29) is 0 Å². The predicted molar refractivity (Wildman–Crippen MR) is 96.5 cm³/mol. The molecule has 0 aromatic carbocycles. The van der Waals surface area contributed by atoms with E-state index in [4.69, 9.17) is 10.7 Å². The van der Waals surface area contributed by atoms with Crippen LogP contribution in [-0.4, -0.2) is 29.0 Å². The highest BCUT2D eigenvalue weighted by atomic mass is 15.3. The number of nitrogens with zero attached hydrogens (tertiary/aromatic N) is 3. The number of nitrogens with one attached hydrogen (secondary N) is 2. The topological polar surface area (TPSA) is 88.2 Å². The van der Waals surface area contributed by atoms with Crippen molar-refractivity contribution < 1.29 is 0 Å². The van der Waals surface area contributed by atoms with E-state index in [0.29, 0.717) is 11.9 Å². The molecule has 24 heavy (non-hydrogen) atoms. The Bertz CT molecular complexity index is 672. The van der Waals surface area contributed by atoms with E-state index >= 15 is 0 Å². The zero-order valence-corrected chi connectivity index (χ0v) is 14.3. The molecule has 0 radical (unpaired) electrons. The normalized spacial score (nSPS) is 27.0. The summed E-state index contributed by atoms with van der Waals surface area (Å²) in [4.78, 5) is 13.7. The van der Waals surface area contributed by atoms with Gasteiger partial charge in [0, 0.05) is 36.6 Å². The quantitative estimate of drug-likeness (QED) is 0.772. The van der Waals surface area contributed by atoms with Crippen molar-refractivity contribution in [2.45, 2.75) is 50.7 Å². The number of anilines is 1. The molecular formula is C18H26N6. The number of aromatic nitrogens is 2. The molecule has 0 amide bonds. The second-order valence-electron chi connectivity index (χ2n) is 7.24. The van der Waals surface area contributed by atoms with Crippen LogP contribution in [0.1, 0.15) is 49.8 Å². The summed E-state index contributed by atoms with van der Waals surface area (Å²) in [6, 6.07) is 0. The van der Waals surface area contributed by atoms with Gasteiger partial charge in [0.25, 0.3) is 0 Å². The highest BCUT2D eigenvalue weighted by Gasteiger charge is 2.38. The molecule has 1 aromatic rings. The lowest BCUT2D eigenvalue weighted by molar-refractivity contribution is 0.257. The van der Waals surface area contributed by atoms with Gasteiger partial charge in [-0.1, -0.05) is 12.8 Å². The summed E-state index contributed by atoms with van der Waals surface area (Å²) in [7, 11) is 1.85. The molecule has 2 aliphatic carbocycles. The number of hydrogen-bond acceptors (Lipinski definition) is 6. The summed E-state index contributed by atoms with van der Waals surface area (Å²) in [5.74, 6) is 1.13. The monoisotopic (exact) mass is 326 g/mol. The smallest absolute Gasteiger partial charge is 0.222 e. The maximum atomic E-state index is 6.61. The minimum Gasteiger partial charge on any atom is -0.357 e. The van der Waals surface area contributed by atoms with Crippen LogP contribution in [0.2, 0.25) is 0 Å². The van der Waals surface area contributed by atoms with Gasteiger partial charge in [-0.15, -0.1) is 0 Å². The summed E-state index contributed by atoms with van der Waals surface area (Å²) in [5, 5.41) is 6.54. The van der Waals surface area contributed by atoms with E-state index in [2.05, 4.69) is 20.6 Å². The minimum absolute atomic E-state index is 0.391. The van der Waals surface area contributed by atoms with Crippen LogP contribution in [0.3, 0.4) is 0 Å². The van der Waals surface area contributed by atoms with Gasteiger partial charge in [-0.3, -0.25) is 10.7 Å². The molecule has 1 aromatic heterocycles. The van der Waals surface area contributed by atoms with Crippen molar-refractivity contribution in [1.82, 2.24) is 15.3 Å². The third kappa shape index (κ3) is 3.02. The Hall–Kier alpha value is -1.95. The Morgan fingerprint density at radius 3 is 2.79 bits per heavy atom. The summed E-state index contributed by atoms with van der Waals surface area (Å²) in [5.41, 5.74) is 9.76. The molecule has 2 saturated carbocycles. The Balaban J connectivity index is 1.62. The van der Waals surface area contributed by atoms with Gasteiger partial charge in [0.15, 0.2) is 5.79 Å². The van der Waals surface area contributed by atoms with Crippen molar-refractivity contribution in [3.05, 3.63) is 23.5 Å².